The summed E-state index contributed by atoms with van der Waals surface area (Å²) in [5.41, 5.74) is 4.09. The molecule has 0 atom stereocenters. The number of hydrogen-bond acceptors (Lipinski definition) is 3. The maximum atomic E-state index is 13.3. The maximum Gasteiger partial charge on any atom is 0.229 e. The first-order chi connectivity index (χ1) is 13.8. The number of carbonyl (C=O) groups excluding carboxylic acids is 2. The van der Waals surface area contributed by atoms with Gasteiger partial charge in [-0.3, -0.25) is 14.2 Å². The summed E-state index contributed by atoms with van der Waals surface area (Å²) in [6.45, 7) is 0. The second kappa shape index (κ2) is 5.55. The van der Waals surface area contributed by atoms with Crippen molar-refractivity contribution in [2.24, 2.45) is 0 Å². The number of para-hydroxylation sites is 1. The number of allylic oxidation sites excluding steroid dienone is 2. The van der Waals surface area contributed by atoms with Gasteiger partial charge in [0, 0.05) is 22.2 Å². The van der Waals surface area contributed by atoms with Gasteiger partial charge in [0.1, 0.15) is 0 Å². The third kappa shape index (κ3) is 1.89. The van der Waals surface area contributed by atoms with Crippen molar-refractivity contribution in [2.45, 2.75) is 25.7 Å². The smallest absolute Gasteiger partial charge is 0.229 e. The molecule has 0 aliphatic heterocycles. The maximum absolute atomic E-state index is 13.3. The van der Waals surface area contributed by atoms with E-state index >= 15 is 0 Å². The van der Waals surface area contributed by atoms with Crippen LogP contribution >= 0.6 is 0 Å². The van der Waals surface area contributed by atoms with E-state index in [-0.39, 0.29) is 17.3 Å². The molecule has 0 saturated carbocycles. The van der Waals surface area contributed by atoms with Crippen LogP contribution in [0.25, 0.3) is 27.7 Å². The van der Waals surface area contributed by atoms with Crippen LogP contribution in [0.15, 0.2) is 59.0 Å². The predicted octanol–water partition coefficient (Wildman–Crippen LogP) is 5.58. The number of ketones is 2. The number of aromatic nitrogens is 1. The fourth-order valence-electron chi connectivity index (χ4n) is 4.64. The molecule has 0 spiro atoms. The van der Waals surface area contributed by atoms with E-state index in [9.17, 15) is 9.59 Å². The standard InChI is InChI=1S/C24H17NO3/c26-21-15-10-4-5-11-16(15)22(27)23-20(21)19-17-12-6-7-13-18(17)25(24(19)28-23)14-8-2-1-3-9-14/h4-8,10-13H,1-3,9H2. The van der Waals surface area contributed by atoms with Crippen molar-refractivity contribution >= 4 is 39.3 Å². The molecule has 2 aromatic carbocycles. The van der Waals surface area contributed by atoms with Gasteiger partial charge in [-0.05, 0) is 31.7 Å². The molecule has 28 heavy (non-hydrogen) atoms. The van der Waals surface area contributed by atoms with E-state index in [1.54, 1.807) is 24.3 Å². The number of furan rings is 1. The summed E-state index contributed by atoms with van der Waals surface area (Å²) in [6.07, 6.45) is 6.56. The lowest BCUT2D eigenvalue weighted by molar-refractivity contribution is 0.0962. The first kappa shape index (κ1) is 15.6. The molecule has 0 fully saturated rings. The Balaban J connectivity index is 1.75. The molecule has 2 heterocycles. The molecule has 0 unspecified atom stereocenters. The normalized spacial score (nSPS) is 16.4. The monoisotopic (exact) mass is 367 g/mol. The molecule has 136 valence electrons. The second-order valence-corrected chi connectivity index (χ2v) is 7.48. The van der Waals surface area contributed by atoms with Gasteiger partial charge in [-0.25, -0.2) is 0 Å². The van der Waals surface area contributed by atoms with Gasteiger partial charge >= 0.3 is 0 Å². The summed E-state index contributed by atoms with van der Waals surface area (Å²) in [7, 11) is 0. The highest BCUT2D eigenvalue weighted by Gasteiger charge is 2.37. The van der Waals surface area contributed by atoms with Crippen molar-refractivity contribution in [3.8, 4) is 0 Å². The molecule has 2 aliphatic carbocycles. The van der Waals surface area contributed by atoms with Crippen LogP contribution in [0.2, 0.25) is 0 Å². The summed E-state index contributed by atoms with van der Waals surface area (Å²) >= 11 is 0. The molecular formula is C24H17NO3. The predicted molar refractivity (Wildman–Crippen MR) is 108 cm³/mol. The van der Waals surface area contributed by atoms with Crippen LogP contribution in [0, 0.1) is 0 Å². The van der Waals surface area contributed by atoms with Crippen molar-refractivity contribution in [1.29, 1.82) is 0 Å². The van der Waals surface area contributed by atoms with Gasteiger partial charge in [0.25, 0.3) is 0 Å². The Kier molecular flexibility index (Phi) is 3.10. The summed E-state index contributed by atoms with van der Waals surface area (Å²) in [5, 5.41) is 1.71. The zero-order valence-corrected chi connectivity index (χ0v) is 15.2. The fraction of sp³-hybridized carbons (Fsp3) is 0.167. The average molecular weight is 367 g/mol. The van der Waals surface area contributed by atoms with Gasteiger partial charge in [-0.15, -0.1) is 0 Å². The number of nitrogens with zero attached hydrogens (tertiary/aromatic N) is 1. The van der Waals surface area contributed by atoms with Crippen LogP contribution in [0.5, 0.6) is 0 Å². The molecule has 0 amide bonds. The number of fused-ring (bicyclic) bond motifs is 6. The van der Waals surface area contributed by atoms with Crippen LogP contribution in [0.3, 0.4) is 0 Å². The largest absolute Gasteiger partial charge is 0.435 e. The Morgan fingerprint density at radius 1 is 0.857 bits per heavy atom. The zero-order chi connectivity index (χ0) is 18.8. The Bertz CT molecular complexity index is 1350. The van der Waals surface area contributed by atoms with Gasteiger partial charge in [-0.1, -0.05) is 48.5 Å². The highest BCUT2D eigenvalue weighted by molar-refractivity contribution is 6.34. The van der Waals surface area contributed by atoms with E-state index in [0.717, 1.165) is 35.6 Å². The molecule has 6 rings (SSSR count). The SMILES string of the molecule is O=C1c2ccccc2C(=O)c2c1oc1c2c2ccccc2n1C1=CCCCC1. The Morgan fingerprint density at radius 3 is 2.39 bits per heavy atom. The van der Waals surface area contributed by atoms with Crippen LogP contribution in [0.1, 0.15) is 57.7 Å². The Morgan fingerprint density at radius 2 is 1.61 bits per heavy atom. The highest BCUT2D eigenvalue weighted by atomic mass is 16.4. The molecule has 4 heteroatoms. The number of hydrogen-bond donors (Lipinski definition) is 0. The number of carbonyl (C=O) groups is 2. The third-order valence-electron chi connectivity index (χ3n) is 5.91. The molecule has 4 nitrogen and oxygen atoms in total. The van der Waals surface area contributed by atoms with Gasteiger partial charge in [0.05, 0.1) is 16.5 Å². The fourth-order valence-corrected chi connectivity index (χ4v) is 4.64. The van der Waals surface area contributed by atoms with Crippen molar-refractivity contribution in [3.05, 3.63) is 77.1 Å². The molecule has 0 radical (unpaired) electrons. The van der Waals surface area contributed by atoms with Gasteiger partial charge in [0.2, 0.25) is 11.5 Å². The lowest BCUT2D eigenvalue weighted by Crippen LogP contribution is -2.19. The first-order valence-corrected chi connectivity index (χ1v) is 9.69. The minimum Gasteiger partial charge on any atom is -0.435 e. The van der Waals surface area contributed by atoms with Crippen molar-refractivity contribution < 1.29 is 14.0 Å². The van der Waals surface area contributed by atoms with Crippen LogP contribution < -0.4 is 0 Å². The van der Waals surface area contributed by atoms with Gasteiger partial charge in [0.15, 0.2) is 11.5 Å². The van der Waals surface area contributed by atoms with E-state index in [2.05, 4.69) is 16.7 Å². The summed E-state index contributed by atoms with van der Waals surface area (Å²) in [5.74, 6) is -0.177. The lowest BCUT2D eigenvalue weighted by atomic mass is 9.87. The minimum atomic E-state index is -0.213. The van der Waals surface area contributed by atoms with E-state index in [1.807, 2.05) is 18.2 Å². The van der Waals surface area contributed by atoms with Crippen LogP contribution in [-0.2, 0) is 0 Å². The number of rotatable bonds is 1. The molecule has 2 aliphatic rings. The number of benzene rings is 2. The lowest BCUT2D eigenvalue weighted by Gasteiger charge is -2.15. The van der Waals surface area contributed by atoms with Crippen LogP contribution in [0.4, 0.5) is 0 Å². The quantitative estimate of drug-likeness (QED) is 0.389. The molecule has 4 aromatic rings. The van der Waals surface area contributed by atoms with Crippen molar-refractivity contribution in [1.82, 2.24) is 4.57 Å². The molecular weight excluding hydrogens is 350 g/mol. The van der Waals surface area contributed by atoms with Crippen LogP contribution in [-0.4, -0.2) is 16.1 Å². The molecule has 0 bridgehead atoms. The average Bonchev–Trinajstić information content (AvgIpc) is 3.28. The summed E-state index contributed by atoms with van der Waals surface area (Å²) in [4.78, 5) is 26.4. The van der Waals surface area contributed by atoms with E-state index in [1.165, 1.54) is 12.1 Å². The second-order valence-electron chi connectivity index (χ2n) is 7.48. The summed E-state index contributed by atoms with van der Waals surface area (Å²) < 4.78 is 8.26. The van der Waals surface area contributed by atoms with Crippen molar-refractivity contribution in [3.63, 3.8) is 0 Å². The highest BCUT2D eigenvalue weighted by Crippen LogP contribution is 2.42. The van der Waals surface area contributed by atoms with E-state index < -0.39 is 0 Å². The Labute approximate surface area is 161 Å². The zero-order valence-electron chi connectivity index (χ0n) is 15.2. The van der Waals surface area contributed by atoms with E-state index in [4.69, 9.17) is 4.42 Å². The topological polar surface area (TPSA) is 52.2 Å². The minimum absolute atomic E-state index is 0.135. The van der Waals surface area contributed by atoms with Gasteiger partial charge in [-0.2, -0.15) is 0 Å². The Hall–Kier alpha value is -3.40. The third-order valence-corrected chi connectivity index (χ3v) is 5.91. The van der Waals surface area contributed by atoms with Crippen molar-refractivity contribution in [2.75, 3.05) is 0 Å². The molecule has 2 aromatic heterocycles. The summed E-state index contributed by atoms with van der Waals surface area (Å²) in [6, 6.07) is 15.0. The van der Waals surface area contributed by atoms with Gasteiger partial charge < -0.3 is 4.42 Å². The first-order valence-electron chi connectivity index (χ1n) is 9.69. The van der Waals surface area contributed by atoms with E-state index in [0.29, 0.717) is 22.4 Å². The molecule has 0 N–H and O–H groups in total. The molecule has 0 saturated heterocycles.